The van der Waals surface area contributed by atoms with Crippen molar-refractivity contribution in [2.45, 2.75) is 57.7 Å². The van der Waals surface area contributed by atoms with Crippen LogP contribution in [0.5, 0.6) is 0 Å². The lowest BCUT2D eigenvalue weighted by Gasteiger charge is -2.23. The number of ether oxygens (including phenoxy) is 3. The Morgan fingerprint density at radius 3 is 1.81 bits per heavy atom. The molecule has 4 unspecified atom stereocenters. The van der Waals surface area contributed by atoms with Crippen LogP contribution in [0.2, 0.25) is 0 Å². The Morgan fingerprint density at radius 2 is 1.48 bits per heavy atom. The zero-order valence-corrected chi connectivity index (χ0v) is 13.4. The molecule has 0 saturated heterocycles. The van der Waals surface area contributed by atoms with Crippen molar-refractivity contribution in [3.8, 4) is 0 Å². The van der Waals surface area contributed by atoms with Gasteiger partial charge < -0.3 is 39.7 Å². The summed E-state index contributed by atoms with van der Waals surface area (Å²) in [5.74, 6) is 0. The van der Waals surface area contributed by atoms with E-state index in [1.54, 1.807) is 7.11 Å². The monoisotopic (exact) mass is 314 g/mol. The topological polar surface area (TPSA) is 129 Å². The Hall–Kier alpha value is -0.320. The predicted molar refractivity (Wildman–Crippen MR) is 75.5 cm³/mol. The van der Waals surface area contributed by atoms with E-state index in [2.05, 4.69) is 4.74 Å². The van der Waals surface area contributed by atoms with Crippen molar-refractivity contribution >= 4 is 0 Å². The molecular formula is C13H30O8. The Balaban J connectivity index is 0. The Kier molecular flexibility index (Phi) is 13.4. The van der Waals surface area contributed by atoms with Crippen molar-refractivity contribution < 1.29 is 39.7 Å². The first-order valence-corrected chi connectivity index (χ1v) is 6.60. The molecule has 0 aliphatic rings. The maximum absolute atomic E-state index is 8.94. The normalized spacial score (nSPS) is 17.4. The molecule has 0 heterocycles. The van der Waals surface area contributed by atoms with Gasteiger partial charge in [-0.15, -0.1) is 0 Å². The molecule has 0 aliphatic carbocycles. The molecule has 0 amide bonds. The minimum Gasteiger partial charge on any atom is -0.394 e. The molecule has 8 heteroatoms. The summed E-state index contributed by atoms with van der Waals surface area (Å²) in [6.45, 7) is 7.13. The third-order valence-electron chi connectivity index (χ3n) is 2.20. The van der Waals surface area contributed by atoms with Gasteiger partial charge in [-0.2, -0.15) is 0 Å². The third kappa shape index (κ3) is 14.4. The molecule has 0 spiro atoms. The zero-order valence-electron chi connectivity index (χ0n) is 13.4. The molecule has 0 aromatic heterocycles. The van der Waals surface area contributed by atoms with Gasteiger partial charge in [0.15, 0.2) is 0 Å². The van der Waals surface area contributed by atoms with Crippen molar-refractivity contribution in [3.05, 3.63) is 0 Å². The van der Waals surface area contributed by atoms with Crippen molar-refractivity contribution in [1.29, 1.82) is 0 Å². The number of rotatable bonds is 8. The molecule has 0 saturated carbocycles. The molecule has 5 N–H and O–H groups in total. The summed E-state index contributed by atoms with van der Waals surface area (Å²) in [6.07, 6.45) is -5.50. The molecule has 0 aromatic rings. The molecule has 0 fully saturated rings. The van der Waals surface area contributed by atoms with Crippen LogP contribution < -0.4 is 0 Å². The molecule has 130 valence electrons. The molecular weight excluding hydrogens is 284 g/mol. The standard InChI is InChI=1S/C7H16O3.C6H14O5/c1-7(2,3)10-6-9-5-8-4;1-3(8)5(10)6(11)4(9)2-7/h5-6H2,1-4H3;3-11H,2H2,1H3. The number of aliphatic hydroxyl groups is 5. The van der Waals surface area contributed by atoms with Crippen molar-refractivity contribution in [2.24, 2.45) is 0 Å². The lowest BCUT2D eigenvalue weighted by atomic mass is 10.1. The second kappa shape index (κ2) is 12.2. The Labute approximate surface area is 125 Å². The van der Waals surface area contributed by atoms with Crippen LogP contribution >= 0.6 is 0 Å². The quantitative estimate of drug-likeness (QED) is 0.280. The summed E-state index contributed by atoms with van der Waals surface area (Å²) in [6, 6.07) is 0. The molecule has 4 atom stereocenters. The van der Waals surface area contributed by atoms with Gasteiger partial charge in [0.2, 0.25) is 0 Å². The third-order valence-corrected chi connectivity index (χ3v) is 2.20. The van der Waals surface area contributed by atoms with Gasteiger partial charge in [-0.3, -0.25) is 0 Å². The van der Waals surface area contributed by atoms with E-state index in [9.17, 15) is 0 Å². The van der Waals surface area contributed by atoms with Gasteiger partial charge in [-0.25, -0.2) is 0 Å². The van der Waals surface area contributed by atoms with E-state index >= 15 is 0 Å². The van der Waals surface area contributed by atoms with E-state index in [1.165, 1.54) is 6.92 Å². The van der Waals surface area contributed by atoms with E-state index < -0.39 is 31.0 Å². The molecule has 8 nitrogen and oxygen atoms in total. The van der Waals surface area contributed by atoms with E-state index in [4.69, 9.17) is 35.0 Å². The molecule has 0 bridgehead atoms. The van der Waals surface area contributed by atoms with E-state index in [-0.39, 0.29) is 19.2 Å². The summed E-state index contributed by atoms with van der Waals surface area (Å²) in [7, 11) is 1.58. The van der Waals surface area contributed by atoms with Crippen molar-refractivity contribution in [3.63, 3.8) is 0 Å². The highest BCUT2D eigenvalue weighted by Crippen LogP contribution is 2.05. The molecule has 0 aromatic carbocycles. The first-order chi connectivity index (χ1) is 9.56. The van der Waals surface area contributed by atoms with Gasteiger partial charge >= 0.3 is 0 Å². The zero-order chi connectivity index (χ0) is 17.1. The van der Waals surface area contributed by atoms with Gasteiger partial charge in [0.25, 0.3) is 0 Å². The largest absolute Gasteiger partial charge is 0.394 e. The van der Waals surface area contributed by atoms with Gasteiger partial charge in [0.05, 0.1) is 18.3 Å². The predicted octanol–water partition coefficient (Wildman–Crippen LogP) is -1.18. The highest BCUT2D eigenvalue weighted by molar-refractivity contribution is 4.77. The molecule has 21 heavy (non-hydrogen) atoms. The number of aliphatic hydroxyl groups excluding tert-OH is 5. The van der Waals surface area contributed by atoms with Crippen molar-refractivity contribution in [2.75, 3.05) is 27.3 Å². The fourth-order valence-electron chi connectivity index (χ4n) is 0.957. The average Bonchev–Trinajstić information content (AvgIpc) is 2.40. The lowest BCUT2D eigenvalue weighted by Crippen LogP contribution is -2.44. The van der Waals surface area contributed by atoms with Gasteiger partial charge in [-0.05, 0) is 27.7 Å². The number of hydrogen-bond donors (Lipinski definition) is 5. The maximum atomic E-state index is 8.94. The smallest absolute Gasteiger partial charge is 0.150 e. The maximum Gasteiger partial charge on any atom is 0.150 e. The van der Waals surface area contributed by atoms with Gasteiger partial charge in [0.1, 0.15) is 31.9 Å². The lowest BCUT2D eigenvalue weighted by molar-refractivity contribution is -0.160. The molecule has 0 rings (SSSR count). The average molecular weight is 314 g/mol. The highest BCUT2D eigenvalue weighted by Gasteiger charge is 2.27. The number of hydrogen-bond acceptors (Lipinski definition) is 8. The second-order valence-electron chi connectivity index (χ2n) is 5.46. The van der Waals surface area contributed by atoms with Crippen LogP contribution in [0.15, 0.2) is 0 Å². The Morgan fingerprint density at radius 1 is 0.952 bits per heavy atom. The van der Waals surface area contributed by atoms with Crippen LogP contribution in [-0.4, -0.2) is 82.9 Å². The van der Waals surface area contributed by atoms with Gasteiger partial charge in [0, 0.05) is 7.11 Å². The first kappa shape index (κ1) is 23.0. The second-order valence-corrected chi connectivity index (χ2v) is 5.46. The van der Waals surface area contributed by atoms with Gasteiger partial charge in [-0.1, -0.05) is 0 Å². The fraction of sp³-hybridized carbons (Fsp3) is 1.00. The molecule has 0 radical (unpaired) electrons. The minimum absolute atomic E-state index is 0.131. The Bertz CT molecular complexity index is 229. The van der Waals surface area contributed by atoms with Crippen LogP contribution in [-0.2, 0) is 14.2 Å². The van der Waals surface area contributed by atoms with Crippen molar-refractivity contribution in [1.82, 2.24) is 0 Å². The molecule has 0 aliphatic heterocycles. The van der Waals surface area contributed by atoms with Crippen LogP contribution in [0.4, 0.5) is 0 Å². The summed E-state index contributed by atoms with van der Waals surface area (Å²) in [5, 5.41) is 43.7. The summed E-state index contributed by atoms with van der Waals surface area (Å²) >= 11 is 0. The summed E-state index contributed by atoms with van der Waals surface area (Å²) < 4.78 is 14.8. The highest BCUT2D eigenvalue weighted by atomic mass is 16.7. The summed E-state index contributed by atoms with van der Waals surface area (Å²) in [4.78, 5) is 0. The van der Waals surface area contributed by atoms with Crippen LogP contribution in [0.1, 0.15) is 27.7 Å². The van der Waals surface area contributed by atoms with E-state index in [0.717, 1.165) is 0 Å². The number of methoxy groups -OCH3 is 1. The van der Waals surface area contributed by atoms with Crippen LogP contribution in [0, 0.1) is 0 Å². The van der Waals surface area contributed by atoms with Crippen LogP contribution in [0.25, 0.3) is 0 Å². The van der Waals surface area contributed by atoms with Crippen LogP contribution in [0.3, 0.4) is 0 Å². The first-order valence-electron chi connectivity index (χ1n) is 6.60. The fourth-order valence-corrected chi connectivity index (χ4v) is 0.957. The SMILES string of the molecule is CC(O)C(O)C(O)C(O)CO.COCOCOC(C)(C)C. The van der Waals surface area contributed by atoms with E-state index in [1.807, 2.05) is 20.8 Å². The van der Waals surface area contributed by atoms with E-state index in [0.29, 0.717) is 0 Å². The summed E-state index contributed by atoms with van der Waals surface area (Å²) in [5.41, 5.74) is -0.131. The minimum atomic E-state index is -1.51.